The van der Waals surface area contributed by atoms with Gasteiger partial charge in [-0.3, -0.25) is 0 Å². The average Bonchev–Trinajstić information content (AvgIpc) is 2.72. The number of benzene rings is 1. The second-order valence-corrected chi connectivity index (χ2v) is 4.39. The summed E-state index contributed by atoms with van der Waals surface area (Å²) in [5, 5.41) is 0.742. The smallest absolute Gasteiger partial charge is 0.282 e. The number of rotatable bonds is 4. The highest BCUT2D eigenvalue weighted by Crippen LogP contribution is 2.20. The molecule has 0 aromatic heterocycles. The molecule has 1 aromatic rings. The van der Waals surface area contributed by atoms with E-state index in [2.05, 4.69) is 16.8 Å². The lowest BCUT2D eigenvalue weighted by molar-refractivity contribution is 0.313. The third-order valence-corrected chi connectivity index (χ3v) is 2.95. The minimum Gasteiger partial charge on any atom is -0.463 e. The first-order valence-corrected chi connectivity index (χ1v) is 6.03. The molecule has 2 N–H and O–H groups in total. The van der Waals surface area contributed by atoms with Crippen molar-refractivity contribution in [3.63, 3.8) is 0 Å². The third kappa shape index (κ3) is 3.03. The van der Waals surface area contributed by atoms with Crippen LogP contribution in [0.25, 0.3) is 0 Å². The summed E-state index contributed by atoms with van der Waals surface area (Å²) in [5.41, 5.74) is 6.59. The van der Waals surface area contributed by atoms with Gasteiger partial charge in [-0.2, -0.15) is 0 Å². The Hall–Kier alpha value is -1.42. The summed E-state index contributed by atoms with van der Waals surface area (Å²) < 4.78 is 5.15. The van der Waals surface area contributed by atoms with Gasteiger partial charge in [0, 0.05) is 23.8 Å². The van der Waals surface area contributed by atoms with Crippen molar-refractivity contribution in [3.8, 4) is 0 Å². The predicted molar refractivity (Wildman–Crippen MR) is 70.7 cm³/mol. The normalized spacial score (nSPS) is 18.7. The molecule has 1 aliphatic heterocycles. The Bertz CT molecular complexity index is 422. The van der Waals surface area contributed by atoms with E-state index >= 15 is 0 Å². The lowest BCUT2D eigenvalue weighted by atomic mass is 10.2. The van der Waals surface area contributed by atoms with Gasteiger partial charge in [0.15, 0.2) is 0 Å². The zero-order valence-corrected chi connectivity index (χ0v) is 10.5. The summed E-state index contributed by atoms with van der Waals surface area (Å²) in [5.74, 6) is 0. The summed E-state index contributed by atoms with van der Waals surface area (Å²) in [6.45, 7) is 4.34. The molecule has 0 radical (unpaired) electrons. The number of nitrogens with zero attached hydrogens (tertiary/aromatic N) is 2. The maximum atomic E-state index is 5.99. The van der Waals surface area contributed by atoms with E-state index in [1.807, 2.05) is 24.3 Å². The maximum absolute atomic E-state index is 5.99. The van der Waals surface area contributed by atoms with Crippen LogP contribution in [0.2, 0.25) is 5.02 Å². The van der Waals surface area contributed by atoms with Crippen LogP contribution >= 0.6 is 11.6 Å². The Kier molecular flexibility index (Phi) is 3.74. The van der Waals surface area contributed by atoms with Gasteiger partial charge in [0.05, 0.1) is 0 Å². The number of anilines is 1. The third-order valence-electron chi connectivity index (χ3n) is 2.72. The number of hydrogen-bond acceptors (Lipinski definition) is 4. The van der Waals surface area contributed by atoms with Crippen molar-refractivity contribution >= 4 is 23.3 Å². The molecule has 0 saturated heterocycles. The SMILES string of the molecule is CCN(CC1COC(N)=N1)c1cccc(Cl)c1. The molecule has 0 fully saturated rings. The van der Waals surface area contributed by atoms with Crippen molar-refractivity contribution in [2.24, 2.45) is 10.7 Å². The van der Waals surface area contributed by atoms with Gasteiger partial charge in [-0.1, -0.05) is 17.7 Å². The molecular formula is C12H16ClN3O. The van der Waals surface area contributed by atoms with Crippen molar-refractivity contribution < 1.29 is 4.74 Å². The molecule has 17 heavy (non-hydrogen) atoms. The van der Waals surface area contributed by atoms with Crippen molar-refractivity contribution in [3.05, 3.63) is 29.3 Å². The number of halogens is 1. The summed E-state index contributed by atoms with van der Waals surface area (Å²) in [7, 11) is 0. The number of hydrogen-bond donors (Lipinski definition) is 1. The fraction of sp³-hybridized carbons (Fsp3) is 0.417. The van der Waals surface area contributed by atoms with Gasteiger partial charge < -0.3 is 15.4 Å². The van der Waals surface area contributed by atoms with Crippen LogP contribution in [0.3, 0.4) is 0 Å². The monoisotopic (exact) mass is 253 g/mol. The Labute approximate surface area is 106 Å². The van der Waals surface area contributed by atoms with Crippen LogP contribution in [0.1, 0.15) is 6.92 Å². The molecule has 4 nitrogen and oxygen atoms in total. The molecule has 0 aliphatic carbocycles. The topological polar surface area (TPSA) is 50.9 Å². The van der Waals surface area contributed by atoms with Crippen LogP contribution in [-0.4, -0.2) is 31.8 Å². The second kappa shape index (κ2) is 5.27. The van der Waals surface area contributed by atoms with Gasteiger partial charge in [-0.15, -0.1) is 0 Å². The second-order valence-electron chi connectivity index (χ2n) is 3.95. The highest BCUT2D eigenvalue weighted by atomic mass is 35.5. The van der Waals surface area contributed by atoms with Gasteiger partial charge in [-0.05, 0) is 25.1 Å². The van der Waals surface area contributed by atoms with Crippen LogP contribution < -0.4 is 10.6 Å². The molecular weight excluding hydrogens is 238 g/mol. The van der Waals surface area contributed by atoms with Gasteiger partial charge >= 0.3 is 0 Å². The fourth-order valence-corrected chi connectivity index (χ4v) is 2.06. The molecule has 1 unspecified atom stereocenters. The van der Waals surface area contributed by atoms with E-state index in [0.29, 0.717) is 6.61 Å². The van der Waals surface area contributed by atoms with Crippen LogP contribution in [0.15, 0.2) is 29.3 Å². The van der Waals surface area contributed by atoms with Crippen LogP contribution in [0.5, 0.6) is 0 Å². The molecule has 0 spiro atoms. The molecule has 0 amide bonds. The van der Waals surface area contributed by atoms with E-state index in [1.54, 1.807) is 0 Å². The molecule has 0 saturated carbocycles. The standard InChI is InChI=1S/C12H16ClN3O/c1-2-16(7-10-8-17-12(14)15-10)11-5-3-4-9(13)6-11/h3-6,10H,2,7-8H2,1H3,(H2,14,15). The highest BCUT2D eigenvalue weighted by Gasteiger charge is 2.19. The van der Waals surface area contributed by atoms with Gasteiger partial charge in [0.25, 0.3) is 6.02 Å². The van der Waals surface area contributed by atoms with E-state index < -0.39 is 0 Å². The van der Waals surface area contributed by atoms with Crippen molar-refractivity contribution in [2.45, 2.75) is 13.0 Å². The highest BCUT2D eigenvalue weighted by molar-refractivity contribution is 6.30. The first-order chi connectivity index (χ1) is 8.19. The molecule has 1 heterocycles. The number of ether oxygens (including phenoxy) is 1. The van der Waals surface area contributed by atoms with Gasteiger partial charge in [0.1, 0.15) is 12.6 Å². The number of likely N-dealkylation sites (N-methyl/N-ethyl adjacent to an activating group) is 1. The van der Waals surface area contributed by atoms with Crippen molar-refractivity contribution in [1.82, 2.24) is 0 Å². The summed E-state index contributed by atoms with van der Waals surface area (Å²) in [6.07, 6.45) is 0. The quantitative estimate of drug-likeness (QED) is 0.892. The van der Waals surface area contributed by atoms with Gasteiger partial charge in [-0.25, -0.2) is 4.99 Å². The van der Waals surface area contributed by atoms with E-state index in [0.717, 1.165) is 23.8 Å². The van der Waals surface area contributed by atoms with Crippen molar-refractivity contribution in [1.29, 1.82) is 0 Å². The van der Waals surface area contributed by atoms with E-state index in [4.69, 9.17) is 22.1 Å². The lowest BCUT2D eigenvalue weighted by Gasteiger charge is -2.24. The van der Waals surface area contributed by atoms with E-state index in [9.17, 15) is 0 Å². The average molecular weight is 254 g/mol. The first kappa shape index (κ1) is 12.0. The van der Waals surface area contributed by atoms with Crippen LogP contribution in [-0.2, 0) is 4.74 Å². The Balaban J connectivity index is 2.06. The number of nitrogens with two attached hydrogens (primary N) is 1. The first-order valence-electron chi connectivity index (χ1n) is 5.65. The maximum Gasteiger partial charge on any atom is 0.282 e. The predicted octanol–water partition coefficient (Wildman–Crippen LogP) is 1.88. The Morgan fingerprint density at radius 1 is 1.59 bits per heavy atom. The van der Waals surface area contributed by atoms with E-state index in [1.165, 1.54) is 0 Å². The molecule has 1 atom stereocenters. The summed E-state index contributed by atoms with van der Waals surface area (Å²) >= 11 is 5.99. The molecule has 0 bridgehead atoms. The molecule has 5 heteroatoms. The summed E-state index contributed by atoms with van der Waals surface area (Å²) in [4.78, 5) is 6.43. The minimum atomic E-state index is 0.105. The van der Waals surface area contributed by atoms with Crippen LogP contribution in [0.4, 0.5) is 5.69 Å². The van der Waals surface area contributed by atoms with E-state index in [-0.39, 0.29) is 12.1 Å². The minimum absolute atomic E-state index is 0.105. The molecule has 1 aliphatic rings. The lowest BCUT2D eigenvalue weighted by Crippen LogP contribution is -2.32. The zero-order valence-electron chi connectivity index (χ0n) is 9.77. The Morgan fingerprint density at radius 2 is 2.41 bits per heavy atom. The largest absolute Gasteiger partial charge is 0.463 e. The fourth-order valence-electron chi connectivity index (χ4n) is 1.87. The van der Waals surface area contributed by atoms with Crippen molar-refractivity contribution in [2.75, 3.05) is 24.6 Å². The van der Waals surface area contributed by atoms with Crippen LogP contribution in [0, 0.1) is 0 Å². The summed E-state index contributed by atoms with van der Waals surface area (Å²) in [6, 6.07) is 8.20. The number of amidine groups is 1. The molecule has 1 aromatic carbocycles. The molecule has 92 valence electrons. The Morgan fingerprint density at radius 3 is 3.00 bits per heavy atom. The number of aliphatic imine (C=N–C) groups is 1. The zero-order chi connectivity index (χ0) is 12.3. The molecule has 2 rings (SSSR count). The van der Waals surface area contributed by atoms with Gasteiger partial charge in [0.2, 0.25) is 0 Å².